The summed E-state index contributed by atoms with van der Waals surface area (Å²) in [6.07, 6.45) is 2.77. The van der Waals surface area contributed by atoms with E-state index in [2.05, 4.69) is 26.0 Å². The summed E-state index contributed by atoms with van der Waals surface area (Å²) in [5, 5.41) is 8.66. The number of aliphatic carboxylic acids is 1. The quantitative estimate of drug-likeness (QED) is 0.836. The summed E-state index contributed by atoms with van der Waals surface area (Å²) in [6.45, 7) is 4.17. The fourth-order valence-electron chi connectivity index (χ4n) is 2.24. The minimum atomic E-state index is -0.933. The molecule has 0 fully saturated rings. The third-order valence-corrected chi connectivity index (χ3v) is 3.07. The van der Waals surface area contributed by atoms with Crippen LogP contribution in [0.4, 0.5) is 0 Å². The van der Waals surface area contributed by atoms with Crippen LogP contribution in [0.3, 0.4) is 0 Å². The second kappa shape index (κ2) is 5.53. The molecule has 0 bridgehead atoms. The maximum absolute atomic E-state index is 10.5. The van der Waals surface area contributed by atoms with Crippen molar-refractivity contribution in [3.63, 3.8) is 0 Å². The number of benzene rings is 2. The summed E-state index contributed by atoms with van der Waals surface area (Å²) in [7, 11) is 0. The number of carboxylic acids is 1. The molecule has 2 aromatic carbocycles. The fraction of sp³-hybridized carbons (Fsp3) is 0.118. The molecule has 0 saturated heterocycles. The van der Waals surface area contributed by atoms with Gasteiger partial charge >= 0.3 is 5.97 Å². The summed E-state index contributed by atoms with van der Waals surface area (Å²) in [6, 6.07) is 14.1. The first-order chi connectivity index (χ1) is 9.08. The van der Waals surface area contributed by atoms with Gasteiger partial charge in [0.15, 0.2) is 0 Å². The van der Waals surface area contributed by atoms with Crippen LogP contribution in [0.2, 0.25) is 0 Å². The number of rotatable bonds is 3. The van der Waals surface area contributed by atoms with Crippen molar-refractivity contribution in [1.29, 1.82) is 0 Å². The lowest BCUT2D eigenvalue weighted by Gasteiger charge is -2.10. The average molecular weight is 252 g/mol. The third kappa shape index (κ3) is 3.10. The highest BCUT2D eigenvalue weighted by Gasteiger charge is 2.05. The highest BCUT2D eigenvalue weighted by atomic mass is 16.4. The number of carboxylic acid groups (broad SMARTS) is 1. The van der Waals surface area contributed by atoms with Gasteiger partial charge in [-0.25, -0.2) is 4.79 Å². The minimum Gasteiger partial charge on any atom is -0.478 e. The Morgan fingerprint density at radius 3 is 2.32 bits per heavy atom. The third-order valence-electron chi connectivity index (χ3n) is 3.07. The maximum atomic E-state index is 10.5. The minimum absolute atomic E-state index is 0.891. The van der Waals surface area contributed by atoms with Gasteiger partial charge in [-0.2, -0.15) is 0 Å². The monoisotopic (exact) mass is 252 g/mol. The predicted octanol–water partition coefficient (Wildman–Crippen LogP) is 4.07. The largest absolute Gasteiger partial charge is 0.478 e. The Balaban J connectivity index is 2.46. The van der Waals surface area contributed by atoms with Gasteiger partial charge in [-0.15, -0.1) is 0 Å². The lowest BCUT2D eigenvalue weighted by Crippen LogP contribution is -1.89. The number of hydrogen-bond donors (Lipinski definition) is 1. The molecule has 19 heavy (non-hydrogen) atoms. The molecule has 0 amide bonds. The topological polar surface area (TPSA) is 37.3 Å². The number of hydrogen-bond acceptors (Lipinski definition) is 1. The first kappa shape index (κ1) is 13.1. The van der Waals surface area contributed by atoms with Crippen LogP contribution in [0, 0.1) is 13.8 Å². The van der Waals surface area contributed by atoms with Gasteiger partial charge in [-0.3, -0.25) is 0 Å². The Kier molecular flexibility index (Phi) is 3.81. The van der Waals surface area contributed by atoms with Crippen LogP contribution in [0.25, 0.3) is 17.2 Å². The number of aryl methyl sites for hydroxylation is 2. The van der Waals surface area contributed by atoms with E-state index in [9.17, 15) is 4.79 Å². The van der Waals surface area contributed by atoms with Crippen LogP contribution in [-0.4, -0.2) is 11.1 Å². The maximum Gasteiger partial charge on any atom is 0.328 e. The van der Waals surface area contributed by atoms with Crippen LogP contribution >= 0.6 is 0 Å². The van der Waals surface area contributed by atoms with E-state index in [-0.39, 0.29) is 0 Å². The van der Waals surface area contributed by atoms with Gasteiger partial charge in [-0.05, 0) is 53.8 Å². The summed E-state index contributed by atoms with van der Waals surface area (Å²) >= 11 is 0. The molecule has 1 N–H and O–H groups in total. The van der Waals surface area contributed by atoms with Crippen molar-refractivity contribution in [3.8, 4) is 11.1 Å². The summed E-state index contributed by atoms with van der Waals surface area (Å²) in [5.74, 6) is -0.933. The average Bonchev–Trinajstić information content (AvgIpc) is 2.37. The van der Waals surface area contributed by atoms with Gasteiger partial charge in [0.05, 0.1) is 0 Å². The van der Waals surface area contributed by atoms with Gasteiger partial charge < -0.3 is 5.11 Å². The van der Waals surface area contributed by atoms with Crippen LogP contribution in [-0.2, 0) is 4.79 Å². The zero-order chi connectivity index (χ0) is 13.8. The standard InChI is InChI=1S/C17H16O2/c1-12-5-3-6-13(2)17(12)15-8-4-7-14(11-15)9-10-16(18)19/h3-11H,1-2H3,(H,18,19)/b10-9-. The van der Waals surface area contributed by atoms with E-state index in [0.717, 1.165) is 17.2 Å². The van der Waals surface area contributed by atoms with E-state index in [0.29, 0.717) is 0 Å². The van der Waals surface area contributed by atoms with Crippen LogP contribution < -0.4 is 0 Å². The van der Waals surface area contributed by atoms with Gasteiger partial charge in [0.2, 0.25) is 0 Å². The molecular formula is C17H16O2. The van der Waals surface area contributed by atoms with Crippen LogP contribution in [0.1, 0.15) is 16.7 Å². The fourth-order valence-corrected chi connectivity index (χ4v) is 2.24. The molecule has 0 aliphatic heterocycles. The molecule has 0 heterocycles. The Bertz CT molecular complexity index is 619. The molecule has 0 aromatic heterocycles. The molecule has 2 nitrogen and oxygen atoms in total. The highest BCUT2D eigenvalue weighted by Crippen LogP contribution is 2.27. The Morgan fingerprint density at radius 1 is 1.05 bits per heavy atom. The molecule has 0 aliphatic carbocycles. The Labute approximate surface area is 113 Å². The van der Waals surface area contributed by atoms with E-state index < -0.39 is 5.97 Å². The van der Waals surface area contributed by atoms with Crippen LogP contribution in [0.15, 0.2) is 48.5 Å². The predicted molar refractivity (Wildman–Crippen MR) is 78.0 cm³/mol. The van der Waals surface area contributed by atoms with E-state index in [1.54, 1.807) is 6.08 Å². The van der Waals surface area contributed by atoms with Gasteiger partial charge in [0, 0.05) is 6.08 Å². The molecule has 96 valence electrons. The Hall–Kier alpha value is -2.35. The van der Waals surface area contributed by atoms with Gasteiger partial charge in [0.1, 0.15) is 0 Å². The smallest absolute Gasteiger partial charge is 0.328 e. The van der Waals surface area contributed by atoms with Crippen molar-refractivity contribution in [1.82, 2.24) is 0 Å². The second-order valence-corrected chi connectivity index (χ2v) is 4.56. The molecule has 0 atom stereocenters. The summed E-state index contributed by atoms with van der Waals surface area (Å²) < 4.78 is 0. The van der Waals surface area contributed by atoms with Crippen LogP contribution in [0.5, 0.6) is 0 Å². The van der Waals surface area contributed by atoms with Crippen molar-refractivity contribution >= 4 is 12.0 Å². The Morgan fingerprint density at radius 2 is 1.68 bits per heavy atom. The summed E-state index contributed by atoms with van der Waals surface area (Å²) in [4.78, 5) is 10.5. The van der Waals surface area contributed by atoms with E-state index in [1.165, 1.54) is 16.7 Å². The molecule has 0 spiro atoms. The molecule has 2 aromatic rings. The van der Waals surface area contributed by atoms with Crippen molar-refractivity contribution < 1.29 is 9.90 Å². The van der Waals surface area contributed by atoms with E-state index in [4.69, 9.17) is 5.11 Å². The molecule has 0 aliphatic rings. The van der Waals surface area contributed by atoms with Crippen molar-refractivity contribution in [2.75, 3.05) is 0 Å². The second-order valence-electron chi connectivity index (χ2n) is 4.56. The lowest BCUT2D eigenvalue weighted by atomic mass is 9.95. The molecule has 0 unspecified atom stereocenters. The zero-order valence-electron chi connectivity index (χ0n) is 11.1. The van der Waals surface area contributed by atoms with Crippen molar-refractivity contribution in [2.24, 2.45) is 0 Å². The summed E-state index contributed by atoms with van der Waals surface area (Å²) in [5.41, 5.74) is 5.66. The van der Waals surface area contributed by atoms with E-state index in [1.807, 2.05) is 30.3 Å². The molecule has 0 saturated carbocycles. The van der Waals surface area contributed by atoms with Gasteiger partial charge in [0.25, 0.3) is 0 Å². The molecular weight excluding hydrogens is 236 g/mol. The zero-order valence-corrected chi connectivity index (χ0v) is 11.1. The van der Waals surface area contributed by atoms with Crippen molar-refractivity contribution in [2.45, 2.75) is 13.8 Å². The molecule has 2 heteroatoms. The molecule has 0 radical (unpaired) electrons. The first-order valence-electron chi connectivity index (χ1n) is 6.15. The van der Waals surface area contributed by atoms with Gasteiger partial charge in [-0.1, -0.05) is 36.4 Å². The first-order valence-corrected chi connectivity index (χ1v) is 6.15. The highest BCUT2D eigenvalue weighted by molar-refractivity contribution is 5.85. The lowest BCUT2D eigenvalue weighted by molar-refractivity contribution is -0.131. The number of carbonyl (C=O) groups is 1. The molecule has 2 rings (SSSR count). The van der Waals surface area contributed by atoms with E-state index >= 15 is 0 Å². The SMILES string of the molecule is Cc1cccc(C)c1-c1cccc(/C=C\C(=O)O)c1. The van der Waals surface area contributed by atoms with Crippen molar-refractivity contribution in [3.05, 3.63) is 65.2 Å². The normalized spacial score (nSPS) is 10.8.